The van der Waals surface area contributed by atoms with Crippen LogP contribution in [0.4, 0.5) is 9.18 Å². The van der Waals surface area contributed by atoms with Crippen molar-refractivity contribution in [3.63, 3.8) is 0 Å². The lowest BCUT2D eigenvalue weighted by Crippen LogP contribution is -2.63. The third-order valence-corrected chi connectivity index (χ3v) is 3.43. The van der Waals surface area contributed by atoms with Gasteiger partial charge in [0.15, 0.2) is 0 Å². The predicted octanol–water partition coefficient (Wildman–Crippen LogP) is 1.29. The van der Waals surface area contributed by atoms with E-state index in [1.165, 1.54) is 0 Å². The fraction of sp³-hybridized carbons (Fsp3) is 0.875. The normalized spacial score (nSPS) is 49.8. The van der Waals surface area contributed by atoms with Gasteiger partial charge in [-0.2, -0.15) is 4.39 Å². The molecule has 4 aliphatic rings. The van der Waals surface area contributed by atoms with Crippen LogP contribution in [0.3, 0.4) is 0 Å². The van der Waals surface area contributed by atoms with Crippen molar-refractivity contribution >= 4 is 6.09 Å². The number of rotatable bonds is 0. The summed E-state index contributed by atoms with van der Waals surface area (Å²) in [5, 5.41) is 0. The zero-order chi connectivity index (χ0) is 8.34. The van der Waals surface area contributed by atoms with Crippen molar-refractivity contribution in [1.82, 2.24) is 4.90 Å². The van der Waals surface area contributed by atoms with Crippen molar-refractivity contribution in [2.75, 3.05) is 6.54 Å². The molecule has 3 nitrogen and oxygen atoms in total. The molecule has 2 bridgehead atoms. The molecule has 3 aliphatic heterocycles. The van der Waals surface area contributed by atoms with Gasteiger partial charge in [-0.05, 0) is 25.2 Å². The van der Waals surface area contributed by atoms with Crippen LogP contribution in [0.5, 0.6) is 0 Å². The molecule has 0 N–H and O–H groups in total. The molecule has 1 amide bonds. The van der Waals surface area contributed by atoms with E-state index in [1.807, 2.05) is 0 Å². The van der Waals surface area contributed by atoms with E-state index in [4.69, 9.17) is 0 Å². The highest BCUT2D eigenvalue weighted by Crippen LogP contribution is 2.54. The lowest BCUT2D eigenvalue weighted by Gasteiger charge is -2.53. The molecule has 0 aromatic heterocycles. The highest BCUT2D eigenvalue weighted by molar-refractivity contribution is 5.72. The number of carbonyl (C=O) groups excluding carboxylic acids is 1. The maximum absolute atomic E-state index is 13.2. The number of nitrogens with zero attached hydrogens (tertiary/aromatic N) is 1. The topological polar surface area (TPSA) is 29.5 Å². The Bertz CT molecular complexity index is 249. The van der Waals surface area contributed by atoms with Gasteiger partial charge in [-0.25, -0.2) is 4.79 Å². The summed E-state index contributed by atoms with van der Waals surface area (Å²) >= 11 is 0. The van der Waals surface area contributed by atoms with Crippen molar-refractivity contribution in [1.29, 1.82) is 0 Å². The SMILES string of the molecule is O=C1OC(F)C23CC(CCN12)C3. The van der Waals surface area contributed by atoms with E-state index in [2.05, 4.69) is 4.74 Å². The molecule has 0 aromatic carbocycles. The van der Waals surface area contributed by atoms with E-state index >= 15 is 0 Å². The number of carbonyl (C=O) groups is 1. The molecule has 4 heteroatoms. The van der Waals surface area contributed by atoms with Crippen molar-refractivity contribution in [2.24, 2.45) is 5.92 Å². The lowest BCUT2D eigenvalue weighted by molar-refractivity contribution is -0.105. The molecule has 0 radical (unpaired) electrons. The summed E-state index contributed by atoms with van der Waals surface area (Å²) in [5.74, 6) is 0.633. The molecule has 66 valence electrons. The first-order valence-corrected chi connectivity index (χ1v) is 4.35. The summed E-state index contributed by atoms with van der Waals surface area (Å²) in [4.78, 5) is 12.7. The second-order valence-electron chi connectivity index (χ2n) is 4.02. The third kappa shape index (κ3) is 0.529. The molecule has 1 saturated carbocycles. The van der Waals surface area contributed by atoms with Gasteiger partial charge < -0.3 is 4.74 Å². The van der Waals surface area contributed by atoms with Crippen LogP contribution in [0.25, 0.3) is 0 Å². The average molecular weight is 171 g/mol. The van der Waals surface area contributed by atoms with Gasteiger partial charge in [-0.1, -0.05) is 0 Å². The van der Waals surface area contributed by atoms with Gasteiger partial charge in [-0.15, -0.1) is 0 Å². The Kier molecular flexibility index (Phi) is 0.976. The molecular weight excluding hydrogens is 161 g/mol. The Morgan fingerprint density at radius 1 is 1.58 bits per heavy atom. The number of halogens is 1. The van der Waals surface area contributed by atoms with Crippen LogP contribution >= 0.6 is 0 Å². The molecule has 3 saturated heterocycles. The van der Waals surface area contributed by atoms with Crippen LogP contribution in [0.15, 0.2) is 0 Å². The molecule has 1 spiro atoms. The summed E-state index contributed by atoms with van der Waals surface area (Å²) < 4.78 is 17.8. The third-order valence-electron chi connectivity index (χ3n) is 3.43. The Morgan fingerprint density at radius 3 is 3.00 bits per heavy atom. The second-order valence-corrected chi connectivity index (χ2v) is 4.02. The Balaban J connectivity index is 1.99. The van der Waals surface area contributed by atoms with E-state index in [0.29, 0.717) is 12.5 Å². The first-order valence-electron chi connectivity index (χ1n) is 4.35. The fourth-order valence-electron chi connectivity index (χ4n) is 2.74. The van der Waals surface area contributed by atoms with E-state index in [-0.39, 0.29) is 0 Å². The van der Waals surface area contributed by atoms with Gasteiger partial charge in [0.1, 0.15) is 5.54 Å². The first kappa shape index (κ1) is 6.69. The first-order chi connectivity index (χ1) is 5.72. The number of amides is 1. The summed E-state index contributed by atoms with van der Waals surface area (Å²) in [6.07, 6.45) is 0.797. The highest BCUT2D eigenvalue weighted by atomic mass is 19.1. The molecule has 4 rings (SSSR count). The number of hydrogen-bond acceptors (Lipinski definition) is 2. The van der Waals surface area contributed by atoms with Crippen molar-refractivity contribution < 1.29 is 13.9 Å². The highest BCUT2D eigenvalue weighted by Gasteiger charge is 2.64. The molecule has 4 fully saturated rings. The van der Waals surface area contributed by atoms with Gasteiger partial charge >= 0.3 is 6.09 Å². The minimum Gasteiger partial charge on any atom is -0.412 e. The maximum Gasteiger partial charge on any atom is 0.413 e. The van der Waals surface area contributed by atoms with Gasteiger partial charge in [0.25, 0.3) is 6.36 Å². The minimum atomic E-state index is -1.37. The van der Waals surface area contributed by atoms with Gasteiger partial charge in [0.05, 0.1) is 0 Å². The Morgan fingerprint density at radius 2 is 2.33 bits per heavy atom. The molecule has 0 aromatic rings. The van der Waals surface area contributed by atoms with E-state index in [1.54, 1.807) is 4.90 Å². The minimum absolute atomic E-state index is 0.458. The summed E-state index contributed by atoms with van der Waals surface area (Å²) in [6, 6.07) is 0. The Hall–Kier alpha value is -0.800. The average Bonchev–Trinajstić information content (AvgIpc) is 2.26. The number of fused-ring (bicyclic) bond motifs is 1. The standard InChI is InChI=1S/C8H10FNO2/c9-6-8-3-5(4-8)1-2-10(8)7(11)12-6/h5-6H,1-4H2. The summed E-state index contributed by atoms with van der Waals surface area (Å²) in [5.41, 5.74) is -0.542. The molecule has 3 heterocycles. The van der Waals surface area contributed by atoms with Crippen LogP contribution in [0.2, 0.25) is 0 Å². The van der Waals surface area contributed by atoms with Crippen molar-refractivity contribution in [3.8, 4) is 0 Å². The molecule has 1 aliphatic carbocycles. The summed E-state index contributed by atoms with van der Waals surface area (Å²) in [6.45, 7) is 0.684. The number of alkyl halides is 1. The number of ether oxygens (including phenoxy) is 1. The van der Waals surface area contributed by atoms with Gasteiger partial charge in [0.2, 0.25) is 0 Å². The van der Waals surface area contributed by atoms with Crippen molar-refractivity contribution in [2.45, 2.75) is 31.2 Å². The molecular formula is C8H10FNO2. The largest absolute Gasteiger partial charge is 0.413 e. The second kappa shape index (κ2) is 1.75. The zero-order valence-corrected chi connectivity index (χ0v) is 6.62. The zero-order valence-electron chi connectivity index (χ0n) is 6.62. The summed E-state index contributed by atoms with van der Waals surface area (Å²) in [7, 11) is 0. The van der Waals surface area contributed by atoms with Crippen LogP contribution in [-0.2, 0) is 4.74 Å². The quantitative estimate of drug-likeness (QED) is 0.549. The van der Waals surface area contributed by atoms with Crippen LogP contribution in [-0.4, -0.2) is 29.4 Å². The van der Waals surface area contributed by atoms with E-state index < -0.39 is 18.0 Å². The number of piperidine rings is 2. The van der Waals surface area contributed by atoms with E-state index in [9.17, 15) is 9.18 Å². The monoisotopic (exact) mass is 171 g/mol. The molecule has 1 atom stereocenters. The number of cyclic esters (lactones) is 1. The van der Waals surface area contributed by atoms with Crippen LogP contribution in [0, 0.1) is 5.92 Å². The smallest absolute Gasteiger partial charge is 0.412 e. The Labute approximate surface area is 69.5 Å². The number of hydrogen-bond donors (Lipinski definition) is 0. The molecule has 12 heavy (non-hydrogen) atoms. The van der Waals surface area contributed by atoms with E-state index in [0.717, 1.165) is 19.3 Å². The van der Waals surface area contributed by atoms with Gasteiger partial charge in [-0.3, -0.25) is 4.90 Å². The van der Waals surface area contributed by atoms with Crippen LogP contribution < -0.4 is 0 Å². The van der Waals surface area contributed by atoms with Gasteiger partial charge in [0, 0.05) is 6.54 Å². The van der Waals surface area contributed by atoms with Crippen LogP contribution in [0.1, 0.15) is 19.3 Å². The molecule has 1 unspecified atom stereocenters. The van der Waals surface area contributed by atoms with Crippen molar-refractivity contribution in [3.05, 3.63) is 0 Å². The predicted molar refractivity (Wildman–Crippen MR) is 38.2 cm³/mol. The lowest BCUT2D eigenvalue weighted by atomic mass is 9.63. The fourth-order valence-corrected chi connectivity index (χ4v) is 2.74. The maximum atomic E-state index is 13.2.